The van der Waals surface area contributed by atoms with Crippen molar-refractivity contribution in [2.24, 2.45) is 5.92 Å². The second-order valence-electron chi connectivity index (χ2n) is 5.02. The number of rotatable bonds is 8. The molecule has 0 aliphatic heterocycles. The van der Waals surface area contributed by atoms with E-state index in [0.717, 1.165) is 12.5 Å². The zero-order chi connectivity index (χ0) is 10.9. The number of nitrogens with one attached hydrogen (secondary N) is 1. The van der Waals surface area contributed by atoms with Crippen LogP contribution in [0, 0.1) is 5.92 Å². The molecule has 0 spiro atoms. The van der Waals surface area contributed by atoms with Crippen molar-refractivity contribution < 1.29 is 0 Å². The van der Waals surface area contributed by atoms with Crippen LogP contribution in [-0.4, -0.2) is 38.1 Å². The van der Waals surface area contributed by atoms with Crippen molar-refractivity contribution in [3.8, 4) is 0 Å². The Kier molecular flexibility index (Phi) is 7.03. The van der Waals surface area contributed by atoms with Gasteiger partial charge in [-0.05, 0) is 38.8 Å². The van der Waals surface area contributed by atoms with Crippen LogP contribution < -0.4 is 5.32 Å². The van der Waals surface area contributed by atoms with Crippen molar-refractivity contribution >= 4 is 0 Å². The highest BCUT2D eigenvalue weighted by molar-refractivity contribution is 4.70. The molecule has 0 aromatic rings. The van der Waals surface area contributed by atoms with Crippen molar-refractivity contribution in [3.05, 3.63) is 0 Å². The third-order valence-corrected chi connectivity index (χ3v) is 3.42. The Labute approximate surface area is 95.4 Å². The van der Waals surface area contributed by atoms with Crippen LogP contribution in [-0.2, 0) is 0 Å². The number of likely N-dealkylation sites (N-methyl/N-ethyl adjacent to an activating group) is 1. The molecule has 0 radical (unpaired) electrons. The highest BCUT2D eigenvalue weighted by Crippen LogP contribution is 2.24. The Balaban J connectivity index is 1.91. The molecular formula is C13H28N2. The van der Waals surface area contributed by atoms with Gasteiger partial charge in [0.1, 0.15) is 0 Å². The van der Waals surface area contributed by atoms with E-state index in [-0.39, 0.29) is 0 Å². The molecule has 0 saturated heterocycles. The summed E-state index contributed by atoms with van der Waals surface area (Å²) in [6.07, 6.45) is 8.47. The number of hydrogen-bond acceptors (Lipinski definition) is 2. The first-order valence-electron chi connectivity index (χ1n) is 6.72. The predicted octanol–water partition coefficient (Wildman–Crippen LogP) is 2.50. The van der Waals surface area contributed by atoms with E-state index < -0.39 is 0 Å². The van der Waals surface area contributed by atoms with Gasteiger partial charge in [0.2, 0.25) is 0 Å². The smallest absolute Gasteiger partial charge is 0.0104 e. The van der Waals surface area contributed by atoms with E-state index >= 15 is 0 Å². The topological polar surface area (TPSA) is 15.3 Å². The molecule has 1 rings (SSSR count). The van der Waals surface area contributed by atoms with E-state index in [1.807, 2.05) is 0 Å². The van der Waals surface area contributed by atoms with Crippen LogP contribution in [0.25, 0.3) is 0 Å². The molecule has 0 atom stereocenters. The molecule has 0 heterocycles. The highest BCUT2D eigenvalue weighted by Gasteiger charge is 2.16. The zero-order valence-electron chi connectivity index (χ0n) is 10.6. The maximum Gasteiger partial charge on any atom is 0.0104 e. The lowest BCUT2D eigenvalue weighted by molar-refractivity contribution is 0.277. The summed E-state index contributed by atoms with van der Waals surface area (Å²) in [6.45, 7) is 7.11. The lowest BCUT2D eigenvalue weighted by Crippen LogP contribution is -2.32. The standard InChI is InChI=1S/C13H28N2/c1-3-4-9-14-10-11-15(2)12-13-7-5-6-8-13/h13-14H,3-12H2,1-2H3. The second kappa shape index (κ2) is 8.12. The van der Waals surface area contributed by atoms with Crippen molar-refractivity contribution in [2.75, 3.05) is 33.2 Å². The Hall–Kier alpha value is -0.0800. The minimum absolute atomic E-state index is 0.991. The van der Waals surface area contributed by atoms with Gasteiger partial charge < -0.3 is 10.2 Å². The van der Waals surface area contributed by atoms with E-state index in [1.165, 1.54) is 58.2 Å². The average molecular weight is 212 g/mol. The normalized spacial score (nSPS) is 17.8. The lowest BCUT2D eigenvalue weighted by atomic mass is 10.1. The fraction of sp³-hybridized carbons (Fsp3) is 1.00. The largest absolute Gasteiger partial charge is 0.315 e. The van der Waals surface area contributed by atoms with E-state index in [9.17, 15) is 0 Å². The van der Waals surface area contributed by atoms with Crippen LogP contribution in [0.5, 0.6) is 0 Å². The van der Waals surface area contributed by atoms with Gasteiger partial charge in [-0.1, -0.05) is 26.2 Å². The van der Waals surface area contributed by atoms with E-state index in [4.69, 9.17) is 0 Å². The molecule has 0 aromatic carbocycles. The molecule has 0 unspecified atom stereocenters. The summed E-state index contributed by atoms with van der Waals surface area (Å²) in [7, 11) is 2.26. The Morgan fingerprint density at radius 2 is 1.93 bits per heavy atom. The van der Waals surface area contributed by atoms with Gasteiger partial charge in [-0.2, -0.15) is 0 Å². The van der Waals surface area contributed by atoms with Crippen LogP contribution in [0.3, 0.4) is 0 Å². The van der Waals surface area contributed by atoms with Crippen LogP contribution in [0.15, 0.2) is 0 Å². The van der Waals surface area contributed by atoms with Crippen molar-refractivity contribution in [3.63, 3.8) is 0 Å². The molecule has 90 valence electrons. The van der Waals surface area contributed by atoms with Crippen molar-refractivity contribution in [2.45, 2.75) is 45.4 Å². The number of hydrogen-bond donors (Lipinski definition) is 1. The second-order valence-corrected chi connectivity index (χ2v) is 5.02. The van der Waals surface area contributed by atoms with E-state index in [1.54, 1.807) is 0 Å². The highest BCUT2D eigenvalue weighted by atomic mass is 15.1. The van der Waals surface area contributed by atoms with Gasteiger partial charge >= 0.3 is 0 Å². The Bertz CT molecular complexity index is 141. The molecule has 1 aliphatic carbocycles. The third kappa shape index (κ3) is 6.16. The molecule has 0 bridgehead atoms. The Morgan fingerprint density at radius 3 is 2.60 bits per heavy atom. The maximum atomic E-state index is 3.50. The predicted molar refractivity (Wildman–Crippen MR) is 67.2 cm³/mol. The number of nitrogens with zero attached hydrogens (tertiary/aromatic N) is 1. The maximum absolute atomic E-state index is 3.50. The van der Waals surface area contributed by atoms with Gasteiger partial charge in [0.05, 0.1) is 0 Å². The SMILES string of the molecule is CCCCNCCN(C)CC1CCCC1. The third-order valence-electron chi connectivity index (χ3n) is 3.42. The quantitative estimate of drug-likeness (QED) is 0.622. The molecule has 1 saturated carbocycles. The summed E-state index contributed by atoms with van der Waals surface area (Å²) < 4.78 is 0. The van der Waals surface area contributed by atoms with Gasteiger partial charge in [0.15, 0.2) is 0 Å². The average Bonchev–Trinajstić information content (AvgIpc) is 2.70. The van der Waals surface area contributed by atoms with Gasteiger partial charge in [-0.15, -0.1) is 0 Å². The van der Waals surface area contributed by atoms with Crippen molar-refractivity contribution in [1.29, 1.82) is 0 Å². The summed E-state index contributed by atoms with van der Waals surface area (Å²) in [5.74, 6) is 0.991. The van der Waals surface area contributed by atoms with Crippen LogP contribution in [0.1, 0.15) is 45.4 Å². The molecular weight excluding hydrogens is 184 g/mol. The molecule has 1 aliphatic rings. The molecule has 1 N–H and O–H groups in total. The minimum atomic E-state index is 0.991. The molecule has 0 amide bonds. The van der Waals surface area contributed by atoms with Gasteiger partial charge in [0, 0.05) is 19.6 Å². The minimum Gasteiger partial charge on any atom is -0.315 e. The van der Waals surface area contributed by atoms with E-state index in [0.29, 0.717) is 0 Å². The summed E-state index contributed by atoms with van der Waals surface area (Å²) in [5.41, 5.74) is 0. The van der Waals surface area contributed by atoms with Crippen LogP contribution in [0.2, 0.25) is 0 Å². The van der Waals surface area contributed by atoms with Gasteiger partial charge in [0.25, 0.3) is 0 Å². The van der Waals surface area contributed by atoms with E-state index in [2.05, 4.69) is 24.2 Å². The molecule has 2 heteroatoms. The van der Waals surface area contributed by atoms with Crippen LogP contribution >= 0.6 is 0 Å². The summed E-state index contributed by atoms with van der Waals surface area (Å²) in [6, 6.07) is 0. The fourth-order valence-electron chi connectivity index (χ4n) is 2.42. The van der Waals surface area contributed by atoms with Gasteiger partial charge in [-0.25, -0.2) is 0 Å². The summed E-state index contributed by atoms with van der Waals surface area (Å²) in [5, 5.41) is 3.50. The zero-order valence-corrected chi connectivity index (χ0v) is 10.6. The summed E-state index contributed by atoms with van der Waals surface area (Å²) in [4.78, 5) is 2.49. The first kappa shape index (κ1) is 13.0. The molecule has 15 heavy (non-hydrogen) atoms. The number of unbranched alkanes of at least 4 members (excludes halogenated alkanes) is 1. The molecule has 2 nitrogen and oxygen atoms in total. The first-order chi connectivity index (χ1) is 7.33. The fourth-order valence-corrected chi connectivity index (χ4v) is 2.42. The summed E-state index contributed by atoms with van der Waals surface area (Å²) >= 11 is 0. The lowest BCUT2D eigenvalue weighted by Gasteiger charge is -2.20. The molecule has 0 aromatic heterocycles. The first-order valence-corrected chi connectivity index (χ1v) is 6.72. The van der Waals surface area contributed by atoms with Crippen molar-refractivity contribution in [1.82, 2.24) is 10.2 Å². The monoisotopic (exact) mass is 212 g/mol. The Morgan fingerprint density at radius 1 is 1.20 bits per heavy atom. The van der Waals surface area contributed by atoms with Crippen LogP contribution in [0.4, 0.5) is 0 Å². The molecule has 1 fully saturated rings. The van der Waals surface area contributed by atoms with Gasteiger partial charge in [-0.3, -0.25) is 0 Å².